The first-order chi connectivity index (χ1) is 14.2. The van der Waals surface area contributed by atoms with Gasteiger partial charge < -0.3 is 5.32 Å². The fourth-order valence-corrected chi connectivity index (χ4v) is 3.78. The summed E-state index contributed by atoms with van der Waals surface area (Å²) in [6.07, 6.45) is 7.68. The van der Waals surface area contributed by atoms with E-state index in [1.165, 1.54) is 16.7 Å². The largest absolute Gasteiger partial charge is 0.340 e. The van der Waals surface area contributed by atoms with Gasteiger partial charge in [-0.1, -0.05) is 6.07 Å². The molecule has 5 aromatic rings. The van der Waals surface area contributed by atoms with E-state index in [1.54, 1.807) is 23.4 Å². The van der Waals surface area contributed by atoms with Gasteiger partial charge in [-0.25, -0.2) is 24.5 Å². The molecule has 0 bridgehead atoms. The van der Waals surface area contributed by atoms with E-state index in [4.69, 9.17) is 0 Å². The molecule has 0 aliphatic heterocycles. The lowest BCUT2D eigenvalue weighted by atomic mass is 10.0. The molecule has 1 aromatic carbocycles. The predicted octanol–water partition coefficient (Wildman–Crippen LogP) is 4.31. The quantitative estimate of drug-likeness (QED) is 0.297. The minimum Gasteiger partial charge on any atom is -0.340 e. The maximum absolute atomic E-state index is 4.42. The monoisotopic (exact) mass is 493 g/mol. The Morgan fingerprint density at radius 2 is 1.93 bits per heavy atom. The normalized spacial score (nSPS) is 11.2. The van der Waals surface area contributed by atoms with Gasteiger partial charge in [0.05, 0.1) is 11.7 Å². The summed E-state index contributed by atoms with van der Waals surface area (Å²) in [5.74, 6) is 0.778. The van der Waals surface area contributed by atoms with Crippen molar-refractivity contribution in [3.05, 3.63) is 81.8 Å². The fraction of sp³-hybridized carbons (Fsp3) is 0.0952. The van der Waals surface area contributed by atoms with Crippen molar-refractivity contribution >= 4 is 50.6 Å². The summed E-state index contributed by atoms with van der Waals surface area (Å²) in [5, 5.41) is 8.52. The minimum atomic E-state index is 0.778. The Morgan fingerprint density at radius 3 is 2.83 bits per heavy atom. The van der Waals surface area contributed by atoms with E-state index in [0.717, 1.165) is 38.2 Å². The van der Waals surface area contributed by atoms with Gasteiger partial charge in [0, 0.05) is 17.3 Å². The van der Waals surface area contributed by atoms with Gasteiger partial charge in [0.2, 0.25) is 0 Å². The standard InChI is InChI=1S/C21H16IN7/c1-13-6-16(28-21-17-9-19(22)23-10-18(17)24-11-26-21)3-2-15(13)7-14-4-5-29-20(8-14)25-12-27-29/h2-6,8-12H,7H2,1H3,(H,24,26,28). The molecule has 0 radical (unpaired) electrons. The molecule has 0 unspecified atom stereocenters. The number of anilines is 2. The van der Waals surface area contributed by atoms with Crippen LogP contribution in [-0.2, 0) is 6.42 Å². The van der Waals surface area contributed by atoms with Crippen molar-refractivity contribution < 1.29 is 0 Å². The Labute approximate surface area is 180 Å². The molecule has 7 nitrogen and oxygen atoms in total. The molecule has 0 aliphatic carbocycles. The zero-order chi connectivity index (χ0) is 19.8. The van der Waals surface area contributed by atoms with E-state index in [9.17, 15) is 0 Å². The summed E-state index contributed by atoms with van der Waals surface area (Å²) in [5.41, 5.74) is 6.36. The lowest BCUT2D eigenvalue weighted by molar-refractivity contribution is 0.953. The number of hydrogen-bond acceptors (Lipinski definition) is 6. The highest BCUT2D eigenvalue weighted by Gasteiger charge is 2.08. The predicted molar refractivity (Wildman–Crippen MR) is 120 cm³/mol. The third-order valence-electron chi connectivity index (χ3n) is 4.83. The first-order valence-corrected chi connectivity index (χ1v) is 10.1. The van der Waals surface area contributed by atoms with E-state index < -0.39 is 0 Å². The van der Waals surface area contributed by atoms with Crippen LogP contribution in [0.4, 0.5) is 11.5 Å². The van der Waals surface area contributed by atoms with E-state index >= 15 is 0 Å². The molecule has 29 heavy (non-hydrogen) atoms. The topological polar surface area (TPSA) is 80.9 Å². The van der Waals surface area contributed by atoms with Crippen molar-refractivity contribution in [3.63, 3.8) is 0 Å². The number of nitrogens with one attached hydrogen (secondary N) is 1. The zero-order valence-corrected chi connectivity index (χ0v) is 17.7. The minimum absolute atomic E-state index is 0.778. The van der Waals surface area contributed by atoms with Crippen LogP contribution in [0, 0.1) is 10.6 Å². The molecule has 4 heterocycles. The van der Waals surface area contributed by atoms with Crippen molar-refractivity contribution in [2.75, 3.05) is 5.32 Å². The average Bonchev–Trinajstić information content (AvgIpc) is 3.18. The molecule has 0 fully saturated rings. The first kappa shape index (κ1) is 17.9. The SMILES string of the molecule is Cc1cc(Nc2ncnc3cnc(I)cc23)ccc1Cc1ccn2ncnc2c1. The number of nitrogens with zero attached hydrogens (tertiary/aromatic N) is 6. The molecule has 0 saturated carbocycles. The van der Waals surface area contributed by atoms with Crippen molar-refractivity contribution in [1.82, 2.24) is 29.5 Å². The van der Waals surface area contributed by atoms with Gasteiger partial charge in [0.1, 0.15) is 22.2 Å². The van der Waals surface area contributed by atoms with E-state index in [2.05, 4.69) is 90.2 Å². The number of hydrogen-bond donors (Lipinski definition) is 1. The number of pyridine rings is 2. The van der Waals surface area contributed by atoms with Crippen LogP contribution in [0.1, 0.15) is 16.7 Å². The van der Waals surface area contributed by atoms with Gasteiger partial charge in [-0.3, -0.25) is 0 Å². The molecule has 142 valence electrons. The number of benzene rings is 1. The molecule has 1 N–H and O–H groups in total. The molecule has 5 rings (SSSR count). The Kier molecular flexibility index (Phi) is 4.55. The molecule has 8 heteroatoms. The Balaban J connectivity index is 1.42. The van der Waals surface area contributed by atoms with Crippen LogP contribution in [0.15, 0.2) is 61.4 Å². The Hall–Kier alpha value is -3.14. The molecule has 4 aromatic heterocycles. The number of fused-ring (bicyclic) bond motifs is 2. The molecule has 0 saturated heterocycles. The van der Waals surface area contributed by atoms with Gasteiger partial charge in [-0.2, -0.15) is 5.10 Å². The lowest BCUT2D eigenvalue weighted by Crippen LogP contribution is -1.99. The van der Waals surface area contributed by atoms with Gasteiger partial charge >= 0.3 is 0 Å². The first-order valence-electron chi connectivity index (χ1n) is 9.07. The van der Waals surface area contributed by atoms with Crippen LogP contribution in [0.3, 0.4) is 0 Å². The van der Waals surface area contributed by atoms with Gasteiger partial charge in [-0.05, 0) is 83.0 Å². The lowest BCUT2D eigenvalue weighted by Gasteiger charge is -2.12. The summed E-state index contributed by atoms with van der Waals surface area (Å²) in [7, 11) is 0. The highest BCUT2D eigenvalue weighted by molar-refractivity contribution is 14.1. The van der Waals surface area contributed by atoms with Crippen LogP contribution < -0.4 is 5.32 Å². The van der Waals surface area contributed by atoms with Crippen molar-refractivity contribution in [1.29, 1.82) is 0 Å². The van der Waals surface area contributed by atoms with Crippen LogP contribution in [0.5, 0.6) is 0 Å². The van der Waals surface area contributed by atoms with Crippen molar-refractivity contribution in [2.45, 2.75) is 13.3 Å². The number of halogens is 1. The summed E-state index contributed by atoms with van der Waals surface area (Å²) in [4.78, 5) is 17.3. The highest BCUT2D eigenvalue weighted by atomic mass is 127. The van der Waals surface area contributed by atoms with Crippen LogP contribution in [-0.4, -0.2) is 29.5 Å². The van der Waals surface area contributed by atoms with E-state index in [0.29, 0.717) is 0 Å². The zero-order valence-electron chi connectivity index (χ0n) is 15.5. The number of aromatic nitrogens is 6. The van der Waals surface area contributed by atoms with Gasteiger partial charge in [-0.15, -0.1) is 0 Å². The molecular weight excluding hydrogens is 477 g/mol. The van der Waals surface area contributed by atoms with Gasteiger partial charge in [0.15, 0.2) is 5.65 Å². The number of aryl methyl sites for hydroxylation is 1. The second-order valence-electron chi connectivity index (χ2n) is 6.79. The summed E-state index contributed by atoms with van der Waals surface area (Å²) in [6, 6.07) is 12.5. The molecule has 0 amide bonds. The average molecular weight is 493 g/mol. The molecule has 0 atom stereocenters. The van der Waals surface area contributed by atoms with E-state index in [-0.39, 0.29) is 0 Å². The Morgan fingerprint density at radius 1 is 1.00 bits per heavy atom. The smallest absolute Gasteiger partial charge is 0.155 e. The van der Waals surface area contributed by atoms with Crippen molar-refractivity contribution in [2.24, 2.45) is 0 Å². The third kappa shape index (κ3) is 3.63. The van der Waals surface area contributed by atoms with Crippen LogP contribution in [0.25, 0.3) is 16.6 Å². The molecule has 0 spiro atoms. The van der Waals surface area contributed by atoms with Crippen LogP contribution in [0.2, 0.25) is 0 Å². The number of rotatable bonds is 4. The van der Waals surface area contributed by atoms with Crippen LogP contribution >= 0.6 is 22.6 Å². The van der Waals surface area contributed by atoms with Gasteiger partial charge in [0.25, 0.3) is 0 Å². The highest BCUT2D eigenvalue weighted by Crippen LogP contribution is 2.25. The molecule has 0 aliphatic rings. The maximum atomic E-state index is 4.42. The summed E-state index contributed by atoms with van der Waals surface area (Å²) in [6.45, 7) is 2.13. The molecular formula is C21H16IN7. The third-order valence-corrected chi connectivity index (χ3v) is 5.42. The Bertz CT molecular complexity index is 1350. The maximum Gasteiger partial charge on any atom is 0.155 e. The summed E-state index contributed by atoms with van der Waals surface area (Å²) >= 11 is 2.20. The fourth-order valence-electron chi connectivity index (χ4n) is 3.33. The second-order valence-corrected chi connectivity index (χ2v) is 7.89. The second kappa shape index (κ2) is 7.36. The van der Waals surface area contributed by atoms with Crippen molar-refractivity contribution in [3.8, 4) is 0 Å². The van der Waals surface area contributed by atoms with E-state index in [1.807, 2.05) is 12.3 Å². The summed E-state index contributed by atoms with van der Waals surface area (Å²) < 4.78 is 2.68.